The molecule has 0 spiro atoms. The Hall–Kier alpha value is -2.74. The molecule has 29 heavy (non-hydrogen) atoms. The minimum atomic E-state index is -0.203. The van der Waals surface area contributed by atoms with E-state index in [1.807, 2.05) is 57.2 Å². The quantitative estimate of drug-likeness (QED) is 0.449. The largest absolute Gasteiger partial charge is 0.488 e. The molecule has 0 saturated heterocycles. The number of rotatable bonds is 5. The minimum absolute atomic E-state index is 0.189. The lowest BCUT2D eigenvalue weighted by molar-refractivity contribution is 0.131. The van der Waals surface area contributed by atoms with Gasteiger partial charge in [0.15, 0.2) is 0 Å². The van der Waals surface area contributed by atoms with Crippen LogP contribution in [0.2, 0.25) is 0 Å². The van der Waals surface area contributed by atoms with Gasteiger partial charge in [-0.05, 0) is 85.7 Å². The Balaban J connectivity index is 1.60. The van der Waals surface area contributed by atoms with Crippen molar-refractivity contribution in [3.05, 3.63) is 89.5 Å². The van der Waals surface area contributed by atoms with E-state index < -0.39 is 0 Å². The first-order valence-corrected chi connectivity index (χ1v) is 10.2. The summed E-state index contributed by atoms with van der Waals surface area (Å²) in [4.78, 5) is 0. The fraction of sp³-hybridized carbons (Fsp3) is 0.333. The van der Waals surface area contributed by atoms with E-state index in [1.54, 1.807) is 0 Å². The fourth-order valence-electron chi connectivity index (χ4n) is 3.10. The molecule has 152 valence electrons. The zero-order chi connectivity index (χ0) is 21.1. The van der Waals surface area contributed by atoms with Crippen molar-refractivity contribution in [3.8, 4) is 17.2 Å². The molecule has 2 heteroatoms. The standard InChI is InChI=1S/C27H32O2/c1-26(2,3)22-11-7-20(8-12-22)19-21-9-13-23(14-10-21)28-24-15-17-25(18-16-24)29-27(4,5)6/h7-18H,19H2,1-6H3. The normalized spacial score (nSPS) is 11.9. The second-order valence-corrected chi connectivity index (χ2v) is 9.56. The molecule has 0 N–H and O–H groups in total. The van der Waals surface area contributed by atoms with E-state index in [9.17, 15) is 0 Å². The van der Waals surface area contributed by atoms with Crippen molar-refractivity contribution in [1.82, 2.24) is 0 Å². The Bertz CT molecular complexity index is 907. The van der Waals surface area contributed by atoms with Crippen LogP contribution in [0.5, 0.6) is 17.2 Å². The summed E-state index contributed by atoms with van der Waals surface area (Å²) >= 11 is 0. The molecule has 3 aromatic carbocycles. The average molecular weight is 389 g/mol. The van der Waals surface area contributed by atoms with Crippen molar-refractivity contribution in [2.24, 2.45) is 0 Å². The molecule has 0 heterocycles. The second-order valence-electron chi connectivity index (χ2n) is 9.56. The van der Waals surface area contributed by atoms with Crippen molar-refractivity contribution < 1.29 is 9.47 Å². The predicted molar refractivity (Wildman–Crippen MR) is 121 cm³/mol. The van der Waals surface area contributed by atoms with E-state index in [4.69, 9.17) is 9.47 Å². The first-order chi connectivity index (χ1) is 13.6. The van der Waals surface area contributed by atoms with Crippen molar-refractivity contribution in [2.45, 2.75) is 59.0 Å². The lowest BCUT2D eigenvalue weighted by atomic mass is 9.86. The van der Waals surface area contributed by atoms with E-state index in [-0.39, 0.29) is 11.0 Å². The number of hydrogen-bond acceptors (Lipinski definition) is 2. The topological polar surface area (TPSA) is 18.5 Å². The van der Waals surface area contributed by atoms with E-state index in [1.165, 1.54) is 16.7 Å². The van der Waals surface area contributed by atoms with E-state index >= 15 is 0 Å². The van der Waals surface area contributed by atoms with Crippen LogP contribution in [0.1, 0.15) is 58.2 Å². The highest BCUT2D eigenvalue weighted by atomic mass is 16.5. The van der Waals surface area contributed by atoms with Gasteiger partial charge >= 0.3 is 0 Å². The van der Waals surface area contributed by atoms with Gasteiger partial charge in [-0.15, -0.1) is 0 Å². The van der Waals surface area contributed by atoms with Crippen LogP contribution in [-0.2, 0) is 11.8 Å². The van der Waals surface area contributed by atoms with Gasteiger partial charge in [0.25, 0.3) is 0 Å². The van der Waals surface area contributed by atoms with Crippen LogP contribution in [0.25, 0.3) is 0 Å². The highest BCUT2D eigenvalue weighted by Crippen LogP contribution is 2.27. The molecule has 0 atom stereocenters. The van der Waals surface area contributed by atoms with Gasteiger partial charge in [-0.2, -0.15) is 0 Å². The molecule has 0 radical (unpaired) electrons. The summed E-state index contributed by atoms with van der Waals surface area (Å²) in [5, 5.41) is 0. The lowest BCUT2D eigenvalue weighted by Crippen LogP contribution is -2.22. The molecule has 0 aliphatic heterocycles. The Morgan fingerprint density at radius 2 is 0.966 bits per heavy atom. The molecule has 2 nitrogen and oxygen atoms in total. The zero-order valence-electron chi connectivity index (χ0n) is 18.5. The van der Waals surface area contributed by atoms with Crippen LogP contribution >= 0.6 is 0 Å². The summed E-state index contributed by atoms with van der Waals surface area (Å²) in [6.45, 7) is 12.8. The molecule has 0 amide bonds. The van der Waals surface area contributed by atoms with Gasteiger partial charge in [0, 0.05) is 0 Å². The molecule has 0 aromatic heterocycles. The van der Waals surface area contributed by atoms with Gasteiger partial charge in [-0.3, -0.25) is 0 Å². The molecular weight excluding hydrogens is 356 g/mol. The van der Waals surface area contributed by atoms with Crippen LogP contribution in [-0.4, -0.2) is 5.60 Å². The van der Waals surface area contributed by atoms with Crippen LogP contribution in [0.3, 0.4) is 0 Å². The molecule has 0 bridgehead atoms. The molecule has 0 saturated carbocycles. The first-order valence-electron chi connectivity index (χ1n) is 10.2. The van der Waals surface area contributed by atoms with Crippen molar-refractivity contribution in [2.75, 3.05) is 0 Å². The van der Waals surface area contributed by atoms with Gasteiger partial charge < -0.3 is 9.47 Å². The second kappa shape index (κ2) is 8.32. The average Bonchev–Trinajstić information content (AvgIpc) is 2.63. The summed E-state index contributed by atoms with van der Waals surface area (Å²) in [6, 6.07) is 25.0. The Labute approximate surface area is 175 Å². The van der Waals surface area contributed by atoms with Crippen LogP contribution in [0, 0.1) is 0 Å². The zero-order valence-corrected chi connectivity index (χ0v) is 18.5. The van der Waals surface area contributed by atoms with Gasteiger partial charge in [0.05, 0.1) is 0 Å². The summed E-state index contributed by atoms with van der Waals surface area (Å²) in [7, 11) is 0. The summed E-state index contributed by atoms with van der Waals surface area (Å²) in [5.41, 5.74) is 3.94. The molecular formula is C27H32O2. The van der Waals surface area contributed by atoms with Gasteiger partial charge in [0.1, 0.15) is 22.8 Å². The Kier molecular flexibility index (Phi) is 6.02. The maximum atomic E-state index is 5.97. The third-order valence-corrected chi connectivity index (χ3v) is 4.64. The molecule has 0 fully saturated rings. The molecule has 0 unspecified atom stereocenters. The van der Waals surface area contributed by atoms with Crippen molar-refractivity contribution in [1.29, 1.82) is 0 Å². The number of benzene rings is 3. The Morgan fingerprint density at radius 1 is 0.552 bits per heavy atom. The molecule has 3 aromatic rings. The van der Waals surface area contributed by atoms with E-state index in [0.717, 1.165) is 23.7 Å². The molecule has 0 aliphatic carbocycles. The predicted octanol–water partition coefficient (Wildman–Crippen LogP) is 7.54. The SMILES string of the molecule is CC(C)(C)Oc1ccc(Oc2ccc(Cc3ccc(C(C)(C)C)cc3)cc2)cc1. The van der Waals surface area contributed by atoms with Crippen LogP contribution in [0.15, 0.2) is 72.8 Å². The third-order valence-electron chi connectivity index (χ3n) is 4.64. The van der Waals surface area contributed by atoms with Crippen LogP contribution < -0.4 is 9.47 Å². The van der Waals surface area contributed by atoms with Crippen LogP contribution in [0.4, 0.5) is 0 Å². The summed E-state index contributed by atoms with van der Waals surface area (Å²) in [6.07, 6.45) is 0.920. The highest BCUT2D eigenvalue weighted by molar-refractivity contribution is 5.38. The first kappa shape index (κ1) is 21.0. The van der Waals surface area contributed by atoms with E-state index in [2.05, 4.69) is 57.2 Å². The molecule has 0 aliphatic rings. The highest BCUT2D eigenvalue weighted by Gasteiger charge is 2.13. The summed E-state index contributed by atoms with van der Waals surface area (Å²) in [5.74, 6) is 2.48. The number of ether oxygens (including phenoxy) is 2. The maximum absolute atomic E-state index is 5.97. The van der Waals surface area contributed by atoms with Gasteiger partial charge in [-0.25, -0.2) is 0 Å². The van der Waals surface area contributed by atoms with Crippen molar-refractivity contribution >= 4 is 0 Å². The molecule has 3 rings (SSSR count). The van der Waals surface area contributed by atoms with Crippen molar-refractivity contribution in [3.63, 3.8) is 0 Å². The summed E-state index contributed by atoms with van der Waals surface area (Å²) < 4.78 is 11.8. The van der Waals surface area contributed by atoms with E-state index in [0.29, 0.717) is 0 Å². The maximum Gasteiger partial charge on any atom is 0.127 e. The Morgan fingerprint density at radius 3 is 1.41 bits per heavy atom. The monoisotopic (exact) mass is 388 g/mol. The number of hydrogen-bond donors (Lipinski definition) is 0. The third kappa shape index (κ3) is 6.39. The smallest absolute Gasteiger partial charge is 0.127 e. The fourth-order valence-corrected chi connectivity index (χ4v) is 3.10. The minimum Gasteiger partial charge on any atom is -0.488 e. The van der Waals surface area contributed by atoms with Gasteiger partial charge in [0.2, 0.25) is 0 Å². The lowest BCUT2D eigenvalue weighted by Gasteiger charge is -2.21. The van der Waals surface area contributed by atoms with Gasteiger partial charge in [-0.1, -0.05) is 57.2 Å².